The summed E-state index contributed by atoms with van der Waals surface area (Å²) >= 11 is 5.82. The number of benzene rings is 1. The van der Waals surface area contributed by atoms with Crippen LogP contribution >= 0.6 is 11.6 Å². The summed E-state index contributed by atoms with van der Waals surface area (Å²) in [6, 6.07) is 12.7. The number of nitrogens with zero attached hydrogens (tertiary/aromatic N) is 2. The van der Waals surface area contributed by atoms with Gasteiger partial charge in [0.2, 0.25) is 5.91 Å². The molecule has 0 saturated carbocycles. The van der Waals surface area contributed by atoms with E-state index >= 15 is 0 Å². The van der Waals surface area contributed by atoms with E-state index in [0.29, 0.717) is 10.8 Å². The molecule has 0 aliphatic heterocycles. The normalized spacial score (nSPS) is 10.8. The third-order valence-corrected chi connectivity index (χ3v) is 3.36. The van der Waals surface area contributed by atoms with Gasteiger partial charge in [-0.1, -0.05) is 23.7 Å². The first-order chi connectivity index (χ1) is 11.2. The molecule has 0 saturated heterocycles. The Labute approximate surface area is 138 Å². The van der Waals surface area contributed by atoms with Crippen molar-refractivity contribution >= 4 is 29.4 Å². The summed E-state index contributed by atoms with van der Waals surface area (Å²) in [4.78, 5) is 15.9. The van der Waals surface area contributed by atoms with E-state index < -0.39 is 0 Å². The van der Waals surface area contributed by atoms with Crippen molar-refractivity contribution in [3.05, 3.63) is 71.5 Å². The Bertz CT molecular complexity index is 825. The Balaban J connectivity index is 1.64. The quantitative estimate of drug-likeness (QED) is 0.717. The number of halogens is 1. The lowest BCUT2D eigenvalue weighted by atomic mass is 10.2. The second-order valence-corrected chi connectivity index (χ2v) is 5.21. The predicted molar refractivity (Wildman–Crippen MR) is 90.9 cm³/mol. The van der Waals surface area contributed by atoms with Gasteiger partial charge in [-0.3, -0.25) is 14.9 Å². The number of hydrogen-bond acceptors (Lipinski definition) is 3. The molecule has 0 aliphatic rings. The molecule has 1 aromatic carbocycles. The topological polar surface area (TPSA) is 70.7 Å². The number of H-pyrrole nitrogens is 1. The van der Waals surface area contributed by atoms with Crippen molar-refractivity contribution in [2.75, 3.05) is 5.32 Å². The van der Waals surface area contributed by atoms with Crippen LogP contribution in [-0.2, 0) is 4.79 Å². The van der Waals surface area contributed by atoms with Crippen LogP contribution in [-0.4, -0.2) is 21.1 Å². The maximum absolute atomic E-state index is 11.9. The van der Waals surface area contributed by atoms with Crippen molar-refractivity contribution in [3.8, 4) is 11.3 Å². The van der Waals surface area contributed by atoms with E-state index in [4.69, 9.17) is 11.6 Å². The number of pyridine rings is 1. The fourth-order valence-corrected chi connectivity index (χ4v) is 2.10. The van der Waals surface area contributed by atoms with Crippen LogP contribution in [0.5, 0.6) is 0 Å². The van der Waals surface area contributed by atoms with Crippen LogP contribution < -0.4 is 5.32 Å². The van der Waals surface area contributed by atoms with Crippen molar-refractivity contribution in [2.24, 2.45) is 0 Å². The number of nitrogens with one attached hydrogen (secondary N) is 2. The molecule has 0 bridgehead atoms. The molecule has 0 unspecified atom stereocenters. The first-order valence-corrected chi connectivity index (χ1v) is 7.29. The molecule has 2 aromatic heterocycles. The highest BCUT2D eigenvalue weighted by Crippen LogP contribution is 2.18. The Morgan fingerprint density at radius 2 is 1.87 bits per heavy atom. The molecule has 3 aromatic rings. The van der Waals surface area contributed by atoms with Gasteiger partial charge in [-0.15, -0.1) is 0 Å². The largest absolute Gasteiger partial charge is 0.307 e. The average Bonchev–Trinajstić information content (AvgIpc) is 3.04. The zero-order chi connectivity index (χ0) is 16.1. The third-order valence-electron chi connectivity index (χ3n) is 3.11. The predicted octanol–water partition coefficient (Wildman–Crippen LogP) is 3.78. The van der Waals surface area contributed by atoms with Crippen LogP contribution in [0.25, 0.3) is 17.3 Å². The van der Waals surface area contributed by atoms with E-state index in [-0.39, 0.29) is 5.91 Å². The van der Waals surface area contributed by atoms with Crippen LogP contribution in [0.1, 0.15) is 5.56 Å². The fraction of sp³-hybridized carbons (Fsp3) is 0. The van der Waals surface area contributed by atoms with Gasteiger partial charge in [0.05, 0.1) is 5.69 Å². The summed E-state index contributed by atoms with van der Waals surface area (Å²) in [6.07, 6.45) is 6.55. The molecule has 0 spiro atoms. The van der Waals surface area contributed by atoms with Gasteiger partial charge < -0.3 is 5.32 Å². The van der Waals surface area contributed by atoms with Gasteiger partial charge >= 0.3 is 0 Å². The number of carbonyl (C=O) groups excluding carboxylic acids is 1. The summed E-state index contributed by atoms with van der Waals surface area (Å²) in [5, 5.41) is 10.3. The Morgan fingerprint density at radius 1 is 1.13 bits per heavy atom. The Morgan fingerprint density at radius 3 is 2.61 bits per heavy atom. The summed E-state index contributed by atoms with van der Waals surface area (Å²) in [5.41, 5.74) is 2.56. The van der Waals surface area contributed by atoms with Crippen molar-refractivity contribution in [2.45, 2.75) is 0 Å². The summed E-state index contributed by atoms with van der Waals surface area (Å²) in [7, 11) is 0. The number of rotatable bonds is 4. The van der Waals surface area contributed by atoms with E-state index in [1.807, 2.05) is 24.3 Å². The summed E-state index contributed by atoms with van der Waals surface area (Å²) in [5.74, 6) is 0.285. The van der Waals surface area contributed by atoms with Gasteiger partial charge in [0.1, 0.15) is 5.82 Å². The molecular formula is C17H13ClN4O. The monoisotopic (exact) mass is 324 g/mol. The van der Waals surface area contributed by atoms with E-state index in [9.17, 15) is 4.79 Å². The van der Waals surface area contributed by atoms with E-state index in [1.165, 1.54) is 6.08 Å². The second kappa shape index (κ2) is 6.89. The summed E-state index contributed by atoms with van der Waals surface area (Å²) in [6.45, 7) is 0. The van der Waals surface area contributed by atoms with Gasteiger partial charge in [-0.05, 0) is 35.9 Å². The van der Waals surface area contributed by atoms with Gasteiger partial charge in [-0.25, -0.2) is 0 Å². The van der Waals surface area contributed by atoms with Crippen molar-refractivity contribution in [1.82, 2.24) is 15.2 Å². The molecule has 2 N–H and O–H groups in total. The standard InChI is InChI=1S/C17H13ClN4O/c18-14-4-1-12(2-5-14)3-6-17(23)20-16-11-15(21-22-16)13-7-9-19-10-8-13/h1-11H,(H2,20,21,22,23). The number of anilines is 1. The maximum atomic E-state index is 11.9. The SMILES string of the molecule is O=C(C=Cc1ccc(Cl)cc1)Nc1cc(-c2ccncc2)n[nH]1. The number of aromatic nitrogens is 3. The number of aromatic amines is 1. The van der Waals surface area contributed by atoms with E-state index in [0.717, 1.165) is 16.8 Å². The first-order valence-electron chi connectivity index (χ1n) is 6.91. The first kappa shape index (κ1) is 15.0. The lowest BCUT2D eigenvalue weighted by Gasteiger charge is -1.97. The molecule has 1 amide bonds. The van der Waals surface area contributed by atoms with Crippen molar-refractivity contribution < 1.29 is 4.79 Å². The minimum Gasteiger partial charge on any atom is -0.307 e. The van der Waals surface area contributed by atoms with E-state index in [1.54, 1.807) is 36.7 Å². The molecule has 0 radical (unpaired) electrons. The molecule has 0 aliphatic carbocycles. The van der Waals surface area contributed by atoms with Gasteiger partial charge in [0, 0.05) is 35.1 Å². The minimum absolute atomic E-state index is 0.245. The third kappa shape index (κ3) is 4.05. The molecule has 0 atom stereocenters. The van der Waals surface area contributed by atoms with Crippen molar-refractivity contribution in [3.63, 3.8) is 0 Å². The van der Waals surface area contributed by atoms with Crippen LogP contribution in [0.15, 0.2) is 60.9 Å². The molecular weight excluding hydrogens is 312 g/mol. The maximum Gasteiger partial charge on any atom is 0.249 e. The van der Waals surface area contributed by atoms with Gasteiger partial charge in [0.25, 0.3) is 0 Å². The number of carbonyl (C=O) groups is 1. The zero-order valence-corrected chi connectivity index (χ0v) is 12.8. The van der Waals surface area contributed by atoms with Crippen LogP contribution in [0.3, 0.4) is 0 Å². The number of hydrogen-bond donors (Lipinski definition) is 2. The molecule has 6 heteroatoms. The molecule has 114 valence electrons. The highest BCUT2D eigenvalue weighted by atomic mass is 35.5. The van der Waals surface area contributed by atoms with Crippen molar-refractivity contribution in [1.29, 1.82) is 0 Å². The molecule has 3 rings (SSSR count). The van der Waals surface area contributed by atoms with E-state index in [2.05, 4.69) is 20.5 Å². The Kier molecular flexibility index (Phi) is 4.49. The van der Waals surface area contributed by atoms with Gasteiger partial charge in [0.15, 0.2) is 0 Å². The zero-order valence-electron chi connectivity index (χ0n) is 12.0. The van der Waals surface area contributed by atoms with Gasteiger partial charge in [-0.2, -0.15) is 5.10 Å². The lowest BCUT2D eigenvalue weighted by Crippen LogP contribution is -2.07. The average molecular weight is 325 g/mol. The fourth-order valence-electron chi connectivity index (χ4n) is 1.98. The molecule has 0 fully saturated rings. The highest BCUT2D eigenvalue weighted by molar-refractivity contribution is 6.30. The molecule has 5 nitrogen and oxygen atoms in total. The number of amides is 1. The Hall–Kier alpha value is -2.92. The van der Waals surface area contributed by atoms with Crippen LogP contribution in [0.4, 0.5) is 5.82 Å². The highest BCUT2D eigenvalue weighted by Gasteiger charge is 2.05. The minimum atomic E-state index is -0.245. The van der Waals surface area contributed by atoms with Crippen LogP contribution in [0, 0.1) is 0 Å². The molecule has 2 heterocycles. The lowest BCUT2D eigenvalue weighted by molar-refractivity contribution is -0.111. The second-order valence-electron chi connectivity index (χ2n) is 4.78. The summed E-state index contributed by atoms with van der Waals surface area (Å²) < 4.78 is 0. The smallest absolute Gasteiger partial charge is 0.249 e. The van der Waals surface area contributed by atoms with Crippen LogP contribution in [0.2, 0.25) is 5.02 Å². The molecule has 23 heavy (non-hydrogen) atoms.